The molecule has 0 aliphatic carbocycles. The summed E-state index contributed by atoms with van der Waals surface area (Å²) in [4.78, 5) is 22.2. The molecule has 6 aromatic rings. The zero-order chi connectivity index (χ0) is 26.6. The standard InChI is InChI=1S/C31H29ClN6O/c32-25-11-12-27-29(19-25)38(20-23-7-2-1-3-8-23)30(35-27)31(39)34-14-13-24-21-37(28-10-5-4-9-26(24)28)17-6-16-36-18-15-33-22-36/h1-5,7-12,15,18-19,21-22H,6,13-14,16-17,20H2,(H,34,39). The van der Waals surface area contributed by atoms with Crippen LogP contribution >= 0.6 is 11.6 Å². The quantitative estimate of drug-likeness (QED) is 0.235. The van der Waals surface area contributed by atoms with Crippen LogP contribution in [0.2, 0.25) is 5.02 Å². The van der Waals surface area contributed by atoms with Crippen molar-refractivity contribution >= 4 is 39.4 Å². The van der Waals surface area contributed by atoms with Gasteiger partial charge in [0.15, 0.2) is 5.82 Å². The van der Waals surface area contributed by atoms with Crippen LogP contribution in [0.15, 0.2) is 97.7 Å². The Morgan fingerprint density at radius 1 is 0.949 bits per heavy atom. The summed E-state index contributed by atoms with van der Waals surface area (Å²) in [5, 5.41) is 4.95. The first-order valence-corrected chi connectivity index (χ1v) is 13.5. The number of hydrogen-bond donors (Lipinski definition) is 1. The first-order chi connectivity index (χ1) is 19.2. The van der Waals surface area contributed by atoms with Gasteiger partial charge in [-0.05, 0) is 48.2 Å². The van der Waals surface area contributed by atoms with Crippen LogP contribution in [-0.2, 0) is 26.1 Å². The van der Waals surface area contributed by atoms with Crippen molar-refractivity contribution in [3.63, 3.8) is 0 Å². The third-order valence-corrected chi connectivity index (χ3v) is 7.26. The SMILES string of the molecule is O=C(NCCc1cn(CCCn2ccnc2)c2ccccc12)c1nc2ccc(Cl)cc2n1Cc1ccccc1. The fourth-order valence-corrected chi connectivity index (χ4v) is 5.30. The highest BCUT2D eigenvalue weighted by Gasteiger charge is 2.18. The maximum absolute atomic E-state index is 13.4. The van der Waals surface area contributed by atoms with Crippen LogP contribution in [0.25, 0.3) is 21.9 Å². The van der Waals surface area contributed by atoms with E-state index in [0.717, 1.165) is 42.5 Å². The summed E-state index contributed by atoms with van der Waals surface area (Å²) < 4.78 is 6.35. The molecule has 0 bridgehead atoms. The lowest BCUT2D eigenvalue weighted by atomic mass is 10.1. The van der Waals surface area contributed by atoms with Crippen LogP contribution in [0.5, 0.6) is 0 Å². The molecule has 0 atom stereocenters. The number of fused-ring (bicyclic) bond motifs is 2. The molecule has 1 N–H and O–H groups in total. The van der Waals surface area contributed by atoms with Gasteiger partial charge in [0.05, 0.1) is 17.4 Å². The van der Waals surface area contributed by atoms with Gasteiger partial charge in [0.1, 0.15) is 0 Å². The molecule has 0 radical (unpaired) electrons. The topological polar surface area (TPSA) is 69.7 Å². The Kier molecular flexibility index (Phi) is 7.15. The second-order valence-corrected chi connectivity index (χ2v) is 10.1. The van der Waals surface area contributed by atoms with Gasteiger partial charge in [-0.1, -0.05) is 60.1 Å². The first-order valence-electron chi connectivity index (χ1n) is 13.2. The van der Waals surface area contributed by atoms with E-state index in [9.17, 15) is 4.79 Å². The maximum atomic E-state index is 13.4. The second-order valence-electron chi connectivity index (χ2n) is 9.67. The Morgan fingerprint density at radius 2 is 1.79 bits per heavy atom. The van der Waals surface area contributed by atoms with Crippen molar-refractivity contribution in [3.05, 3.63) is 120 Å². The van der Waals surface area contributed by atoms with Crippen molar-refractivity contribution in [1.29, 1.82) is 0 Å². The lowest BCUT2D eigenvalue weighted by molar-refractivity contribution is 0.0940. The van der Waals surface area contributed by atoms with E-state index in [2.05, 4.69) is 54.9 Å². The smallest absolute Gasteiger partial charge is 0.287 e. The molecule has 0 unspecified atom stereocenters. The highest BCUT2D eigenvalue weighted by atomic mass is 35.5. The van der Waals surface area contributed by atoms with Gasteiger partial charge in [0, 0.05) is 60.7 Å². The fourth-order valence-electron chi connectivity index (χ4n) is 5.13. The van der Waals surface area contributed by atoms with Crippen molar-refractivity contribution in [2.75, 3.05) is 6.54 Å². The molecule has 3 heterocycles. The van der Waals surface area contributed by atoms with Crippen molar-refractivity contribution in [3.8, 4) is 0 Å². The predicted octanol–water partition coefficient (Wildman–Crippen LogP) is 5.95. The van der Waals surface area contributed by atoms with Gasteiger partial charge in [-0.2, -0.15) is 0 Å². The largest absolute Gasteiger partial charge is 0.349 e. The molecule has 0 aliphatic rings. The highest BCUT2D eigenvalue weighted by molar-refractivity contribution is 6.31. The molecule has 0 saturated carbocycles. The number of amides is 1. The van der Waals surface area contributed by atoms with Gasteiger partial charge < -0.3 is 19.0 Å². The molecule has 1 amide bonds. The summed E-state index contributed by atoms with van der Waals surface area (Å²) in [6.45, 7) is 2.88. The van der Waals surface area contributed by atoms with E-state index in [1.165, 1.54) is 16.5 Å². The summed E-state index contributed by atoms with van der Waals surface area (Å²) >= 11 is 6.29. The van der Waals surface area contributed by atoms with E-state index in [0.29, 0.717) is 23.9 Å². The van der Waals surface area contributed by atoms with Crippen LogP contribution in [0.4, 0.5) is 0 Å². The molecule has 7 nitrogen and oxygen atoms in total. The number of aryl methyl sites for hydroxylation is 2. The monoisotopic (exact) mass is 536 g/mol. The summed E-state index contributed by atoms with van der Waals surface area (Å²) in [7, 11) is 0. The molecule has 0 spiro atoms. The first kappa shape index (κ1) is 24.9. The number of imidazole rings is 2. The summed E-state index contributed by atoms with van der Waals surface area (Å²) in [5.74, 6) is 0.195. The van der Waals surface area contributed by atoms with Crippen molar-refractivity contribution in [1.82, 2.24) is 29.0 Å². The number of aromatic nitrogens is 5. The molecular formula is C31H29ClN6O. The number of benzene rings is 3. The molecule has 0 saturated heterocycles. The van der Waals surface area contributed by atoms with Crippen LogP contribution in [0, 0.1) is 0 Å². The molecular weight excluding hydrogens is 508 g/mol. The molecule has 8 heteroatoms. The average Bonchev–Trinajstić information content (AvgIpc) is 3.68. The van der Waals surface area contributed by atoms with Crippen LogP contribution in [0.1, 0.15) is 28.2 Å². The van der Waals surface area contributed by atoms with Crippen molar-refractivity contribution in [2.45, 2.75) is 32.5 Å². The van der Waals surface area contributed by atoms with Gasteiger partial charge >= 0.3 is 0 Å². The van der Waals surface area contributed by atoms with Crippen molar-refractivity contribution < 1.29 is 4.79 Å². The van der Waals surface area contributed by atoms with E-state index in [1.807, 2.05) is 65.8 Å². The number of nitrogens with zero attached hydrogens (tertiary/aromatic N) is 5. The predicted molar refractivity (Wildman–Crippen MR) is 155 cm³/mol. The number of carbonyl (C=O) groups excluding carboxylic acids is 1. The number of hydrogen-bond acceptors (Lipinski definition) is 3. The normalized spacial score (nSPS) is 11.4. The van der Waals surface area contributed by atoms with Crippen LogP contribution in [0.3, 0.4) is 0 Å². The van der Waals surface area contributed by atoms with Crippen LogP contribution < -0.4 is 5.32 Å². The van der Waals surface area contributed by atoms with Crippen molar-refractivity contribution in [2.24, 2.45) is 0 Å². The van der Waals surface area contributed by atoms with Gasteiger partial charge in [0.25, 0.3) is 5.91 Å². The Bertz CT molecular complexity index is 1720. The number of para-hydroxylation sites is 1. The third kappa shape index (κ3) is 5.45. The molecule has 3 aromatic heterocycles. The number of nitrogens with one attached hydrogen (secondary N) is 1. The molecule has 0 fully saturated rings. The zero-order valence-electron chi connectivity index (χ0n) is 21.5. The van der Waals surface area contributed by atoms with E-state index >= 15 is 0 Å². The molecule has 39 heavy (non-hydrogen) atoms. The van der Waals surface area contributed by atoms with E-state index in [1.54, 1.807) is 6.07 Å². The minimum Gasteiger partial charge on any atom is -0.349 e. The Labute approximate surface area is 231 Å². The number of rotatable bonds is 10. The molecule has 196 valence electrons. The van der Waals surface area contributed by atoms with Crippen LogP contribution in [-0.4, -0.2) is 36.1 Å². The minimum absolute atomic E-state index is 0.192. The minimum atomic E-state index is -0.192. The lowest BCUT2D eigenvalue weighted by Crippen LogP contribution is -2.28. The van der Waals surface area contributed by atoms with E-state index in [4.69, 9.17) is 11.6 Å². The maximum Gasteiger partial charge on any atom is 0.287 e. The third-order valence-electron chi connectivity index (χ3n) is 7.02. The van der Waals surface area contributed by atoms with E-state index in [-0.39, 0.29) is 5.91 Å². The Hall–Kier alpha value is -4.36. The van der Waals surface area contributed by atoms with Gasteiger partial charge in [-0.3, -0.25) is 4.79 Å². The number of carbonyl (C=O) groups is 1. The summed E-state index contributed by atoms with van der Waals surface area (Å²) in [5.41, 5.74) is 5.12. The highest BCUT2D eigenvalue weighted by Crippen LogP contribution is 2.24. The fraction of sp³-hybridized carbons (Fsp3) is 0.194. The molecule has 3 aromatic carbocycles. The summed E-state index contributed by atoms with van der Waals surface area (Å²) in [6.07, 6.45) is 9.61. The molecule has 0 aliphatic heterocycles. The molecule has 6 rings (SSSR count). The van der Waals surface area contributed by atoms with Gasteiger partial charge in [-0.15, -0.1) is 0 Å². The lowest BCUT2D eigenvalue weighted by Gasteiger charge is -2.10. The van der Waals surface area contributed by atoms with Gasteiger partial charge in [0.2, 0.25) is 0 Å². The second kappa shape index (κ2) is 11.2. The Balaban J connectivity index is 1.17. The van der Waals surface area contributed by atoms with Gasteiger partial charge in [-0.25, -0.2) is 9.97 Å². The zero-order valence-corrected chi connectivity index (χ0v) is 22.3. The number of halogens is 1. The summed E-state index contributed by atoms with van der Waals surface area (Å²) in [6, 6.07) is 24.0. The average molecular weight is 537 g/mol. The van der Waals surface area contributed by atoms with E-state index < -0.39 is 0 Å². The Morgan fingerprint density at radius 3 is 2.64 bits per heavy atom.